The highest BCUT2D eigenvalue weighted by Gasteiger charge is 2.21. The topological polar surface area (TPSA) is 37.8 Å². The zero-order valence-electron chi connectivity index (χ0n) is 12.5. The second kappa shape index (κ2) is 6.02. The molecule has 3 nitrogen and oxygen atoms in total. The molecule has 0 saturated carbocycles. The van der Waals surface area contributed by atoms with Crippen molar-refractivity contribution in [2.24, 2.45) is 0 Å². The number of halogens is 1. The Kier molecular flexibility index (Phi) is 4.11. The predicted octanol–water partition coefficient (Wildman–Crippen LogP) is 4.49. The summed E-state index contributed by atoms with van der Waals surface area (Å²) in [6.07, 6.45) is 4.28. The van der Waals surface area contributed by atoms with E-state index in [2.05, 4.69) is 39.6 Å². The van der Waals surface area contributed by atoms with Crippen LogP contribution < -0.4 is 5.32 Å². The van der Waals surface area contributed by atoms with Gasteiger partial charge in [0.2, 0.25) is 0 Å². The van der Waals surface area contributed by atoms with Crippen molar-refractivity contribution < 1.29 is 0 Å². The molecule has 1 aromatic heterocycles. The van der Waals surface area contributed by atoms with E-state index < -0.39 is 0 Å². The molecule has 0 spiro atoms. The Morgan fingerprint density at radius 1 is 1.29 bits per heavy atom. The number of anilines is 1. The first kappa shape index (κ1) is 14.3. The lowest BCUT2D eigenvalue weighted by Gasteiger charge is -2.27. The third-order valence-corrected chi connectivity index (χ3v) is 4.50. The van der Waals surface area contributed by atoms with Gasteiger partial charge in [-0.2, -0.15) is 0 Å². The Bertz CT molecular complexity index is 654. The number of nitrogens with zero attached hydrogens (tertiary/aromatic N) is 2. The van der Waals surface area contributed by atoms with Crippen molar-refractivity contribution >= 4 is 17.4 Å². The summed E-state index contributed by atoms with van der Waals surface area (Å²) in [4.78, 5) is 8.92. The second-order valence-corrected chi connectivity index (χ2v) is 5.90. The van der Waals surface area contributed by atoms with E-state index in [4.69, 9.17) is 11.6 Å². The Labute approximate surface area is 130 Å². The second-order valence-electron chi connectivity index (χ2n) is 5.55. The van der Waals surface area contributed by atoms with Gasteiger partial charge in [0.1, 0.15) is 16.8 Å². The molecule has 1 unspecified atom stereocenters. The minimum Gasteiger partial charge on any atom is -0.363 e. The normalized spacial score (nSPS) is 17.4. The van der Waals surface area contributed by atoms with E-state index >= 15 is 0 Å². The third-order valence-electron chi connectivity index (χ3n) is 4.13. The van der Waals surface area contributed by atoms with E-state index in [0.29, 0.717) is 11.2 Å². The Balaban J connectivity index is 1.93. The van der Waals surface area contributed by atoms with Gasteiger partial charge in [0, 0.05) is 12.0 Å². The monoisotopic (exact) mass is 301 g/mol. The first-order valence-corrected chi connectivity index (χ1v) is 7.94. The van der Waals surface area contributed by atoms with Gasteiger partial charge in [0.15, 0.2) is 0 Å². The summed E-state index contributed by atoms with van der Waals surface area (Å²) in [6.45, 7) is 4.01. The molecule has 21 heavy (non-hydrogen) atoms. The highest BCUT2D eigenvalue weighted by Crippen LogP contribution is 2.33. The van der Waals surface area contributed by atoms with Crippen LogP contribution in [-0.2, 0) is 12.8 Å². The number of hydrogen-bond donors (Lipinski definition) is 1. The first-order chi connectivity index (χ1) is 10.2. The molecule has 1 N–H and O–H groups in total. The molecule has 3 rings (SSSR count). The van der Waals surface area contributed by atoms with Crippen LogP contribution in [0.4, 0.5) is 5.82 Å². The summed E-state index contributed by atoms with van der Waals surface area (Å²) in [5.41, 5.74) is 3.75. The molecule has 1 aliphatic rings. The summed E-state index contributed by atoms with van der Waals surface area (Å²) in [5, 5.41) is 4.13. The number of nitrogens with one attached hydrogen (secondary N) is 1. The van der Waals surface area contributed by atoms with Gasteiger partial charge in [-0.15, -0.1) is 0 Å². The lowest BCUT2D eigenvalue weighted by Crippen LogP contribution is -2.19. The van der Waals surface area contributed by atoms with Gasteiger partial charge in [0.05, 0.1) is 6.04 Å². The van der Waals surface area contributed by atoms with Crippen LogP contribution in [0.2, 0.25) is 5.15 Å². The fraction of sp³-hybridized carbons (Fsp3) is 0.412. The van der Waals surface area contributed by atoms with E-state index in [0.717, 1.165) is 36.5 Å². The van der Waals surface area contributed by atoms with Gasteiger partial charge >= 0.3 is 0 Å². The molecule has 1 aromatic carbocycles. The van der Waals surface area contributed by atoms with Gasteiger partial charge in [-0.1, -0.05) is 42.8 Å². The van der Waals surface area contributed by atoms with Gasteiger partial charge < -0.3 is 5.32 Å². The van der Waals surface area contributed by atoms with Crippen molar-refractivity contribution in [1.29, 1.82) is 0 Å². The van der Waals surface area contributed by atoms with Crippen LogP contribution in [-0.4, -0.2) is 9.97 Å². The lowest BCUT2D eigenvalue weighted by molar-refractivity contribution is 0.597. The van der Waals surface area contributed by atoms with Crippen LogP contribution in [0, 0.1) is 6.92 Å². The van der Waals surface area contributed by atoms with E-state index in [-0.39, 0.29) is 0 Å². The largest absolute Gasteiger partial charge is 0.363 e. The molecule has 0 bridgehead atoms. The zero-order valence-corrected chi connectivity index (χ0v) is 13.2. The average molecular weight is 302 g/mol. The maximum Gasteiger partial charge on any atom is 0.137 e. The summed E-state index contributed by atoms with van der Waals surface area (Å²) in [5.74, 6) is 1.66. The van der Waals surface area contributed by atoms with Crippen LogP contribution in [0.5, 0.6) is 0 Å². The van der Waals surface area contributed by atoms with Crippen molar-refractivity contribution in [2.75, 3.05) is 5.32 Å². The van der Waals surface area contributed by atoms with Crippen molar-refractivity contribution in [1.82, 2.24) is 9.97 Å². The molecule has 1 heterocycles. The molecule has 0 radical (unpaired) electrons. The maximum absolute atomic E-state index is 6.22. The Morgan fingerprint density at radius 3 is 2.90 bits per heavy atom. The molecule has 1 atom stereocenters. The standard InChI is InChI=1S/C17H20ClN3/c1-3-15-20-16(18)11(2)17(21-15)19-14-10-6-8-12-7-4-5-9-13(12)14/h4-5,7,9,14H,3,6,8,10H2,1-2H3,(H,19,20,21). The van der Waals surface area contributed by atoms with E-state index in [9.17, 15) is 0 Å². The van der Waals surface area contributed by atoms with Crippen molar-refractivity contribution in [3.63, 3.8) is 0 Å². The number of fused-ring (bicyclic) bond motifs is 1. The van der Waals surface area contributed by atoms with E-state index in [1.807, 2.05) is 13.8 Å². The van der Waals surface area contributed by atoms with Gasteiger partial charge in [-0.25, -0.2) is 9.97 Å². The SMILES string of the molecule is CCc1nc(Cl)c(C)c(NC2CCCc3ccccc32)n1. The number of aromatic nitrogens is 2. The number of rotatable bonds is 3. The summed E-state index contributed by atoms with van der Waals surface area (Å²) in [7, 11) is 0. The quantitative estimate of drug-likeness (QED) is 0.849. The molecular formula is C17H20ClN3. The van der Waals surface area contributed by atoms with Crippen LogP contribution in [0.1, 0.15) is 48.3 Å². The van der Waals surface area contributed by atoms with Crippen LogP contribution in [0.3, 0.4) is 0 Å². The number of hydrogen-bond acceptors (Lipinski definition) is 3. The fourth-order valence-corrected chi connectivity index (χ4v) is 3.09. The highest BCUT2D eigenvalue weighted by atomic mass is 35.5. The van der Waals surface area contributed by atoms with Crippen LogP contribution in [0.15, 0.2) is 24.3 Å². The minimum absolute atomic E-state index is 0.310. The zero-order chi connectivity index (χ0) is 14.8. The van der Waals surface area contributed by atoms with Gasteiger partial charge in [-0.3, -0.25) is 0 Å². The summed E-state index contributed by atoms with van der Waals surface area (Å²) < 4.78 is 0. The molecular weight excluding hydrogens is 282 g/mol. The van der Waals surface area contributed by atoms with Crippen molar-refractivity contribution in [2.45, 2.75) is 45.6 Å². The molecule has 0 aliphatic heterocycles. The van der Waals surface area contributed by atoms with Crippen molar-refractivity contribution in [3.05, 3.63) is 51.9 Å². The lowest BCUT2D eigenvalue weighted by atomic mass is 9.88. The predicted molar refractivity (Wildman–Crippen MR) is 86.9 cm³/mol. The molecule has 110 valence electrons. The maximum atomic E-state index is 6.22. The van der Waals surface area contributed by atoms with Crippen LogP contribution in [0.25, 0.3) is 0 Å². The first-order valence-electron chi connectivity index (χ1n) is 7.56. The summed E-state index contributed by atoms with van der Waals surface area (Å²) >= 11 is 6.22. The molecule has 0 amide bonds. The Morgan fingerprint density at radius 2 is 2.10 bits per heavy atom. The molecule has 4 heteroatoms. The molecule has 1 aliphatic carbocycles. The summed E-state index contributed by atoms with van der Waals surface area (Å²) in [6, 6.07) is 8.97. The van der Waals surface area contributed by atoms with Crippen molar-refractivity contribution in [3.8, 4) is 0 Å². The van der Waals surface area contributed by atoms with Gasteiger partial charge in [-0.05, 0) is 37.3 Å². The minimum atomic E-state index is 0.310. The van der Waals surface area contributed by atoms with Gasteiger partial charge in [0.25, 0.3) is 0 Å². The fourth-order valence-electron chi connectivity index (χ4n) is 2.90. The van der Waals surface area contributed by atoms with E-state index in [1.54, 1.807) is 0 Å². The molecule has 2 aromatic rings. The highest BCUT2D eigenvalue weighted by molar-refractivity contribution is 6.30. The smallest absolute Gasteiger partial charge is 0.137 e. The molecule has 0 saturated heterocycles. The number of aryl methyl sites for hydroxylation is 2. The Hall–Kier alpha value is -1.61. The third kappa shape index (κ3) is 2.88. The van der Waals surface area contributed by atoms with Crippen LogP contribution >= 0.6 is 11.6 Å². The van der Waals surface area contributed by atoms with E-state index in [1.165, 1.54) is 17.5 Å². The number of benzene rings is 1. The average Bonchev–Trinajstić information content (AvgIpc) is 2.52. The molecule has 0 fully saturated rings.